The Labute approximate surface area is 108 Å². The van der Waals surface area contributed by atoms with Crippen LogP contribution < -0.4 is 11.5 Å². The monoisotopic (exact) mass is 247 g/mol. The number of rotatable bonds is 4. The van der Waals surface area contributed by atoms with Gasteiger partial charge in [0.2, 0.25) is 5.91 Å². The summed E-state index contributed by atoms with van der Waals surface area (Å²) < 4.78 is 0. The molecule has 2 atom stereocenters. The van der Waals surface area contributed by atoms with Crippen molar-refractivity contribution in [2.24, 2.45) is 17.4 Å². The van der Waals surface area contributed by atoms with E-state index >= 15 is 0 Å². The number of hydrogen-bond donors (Lipinski definition) is 2. The van der Waals surface area contributed by atoms with Gasteiger partial charge in [-0.05, 0) is 37.4 Å². The maximum absolute atomic E-state index is 11.4. The van der Waals surface area contributed by atoms with Crippen LogP contribution in [0.15, 0.2) is 24.3 Å². The fourth-order valence-electron chi connectivity index (χ4n) is 2.57. The molecule has 0 aromatic heterocycles. The summed E-state index contributed by atoms with van der Waals surface area (Å²) in [4.78, 5) is 13.7. The quantitative estimate of drug-likeness (QED) is 0.832. The van der Waals surface area contributed by atoms with E-state index in [0.29, 0.717) is 11.5 Å². The fourth-order valence-corrected chi connectivity index (χ4v) is 2.57. The molecule has 98 valence electrons. The van der Waals surface area contributed by atoms with Gasteiger partial charge in [0.25, 0.3) is 0 Å². The fraction of sp³-hybridized carbons (Fsp3) is 0.500. The van der Waals surface area contributed by atoms with E-state index in [-0.39, 0.29) is 11.9 Å². The number of carbonyl (C=O) groups excluding carboxylic acids is 1. The maximum Gasteiger partial charge on any atom is 0.249 e. The van der Waals surface area contributed by atoms with Crippen molar-refractivity contribution in [2.75, 3.05) is 13.1 Å². The van der Waals surface area contributed by atoms with E-state index < -0.39 is 0 Å². The Kier molecular flexibility index (Phi) is 3.99. The molecule has 0 spiro atoms. The average Bonchev–Trinajstić information content (AvgIpc) is 2.78. The lowest BCUT2D eigenvalue weighted by molar-refractivity contribution is 0.0998. The molecule has 1 fully saturated rings. The van der Waals surface area contributed by atoms with Gasteiger partial charge >= 0.3 is 0 Å². The normalized spacial score (nSPS) is 22.0. The zero-order chi connectivity index (χ0) is 13.1. The molecule has 1 amide bonds. The van der Waals surface area contributed by atoms with E-state index in [1.807, 2.05) is 18.2 Å². The first-order valence-electron chi connectivity index (χ1n) is 6.43. The number of nitrogens with two attached hydrogens (primary N) is 2. The van der Waals surface area contributed by atoms with Gasteiger partial charge in [0, 0.05) is 24.7 Å². The standard InChI is InChI=1S/C14H21N3O/c1-10(15)11-6-7-17(8-11)9-12-4-2-3-5-13(12)14(16)18/h2-5,10-11H,6-9,15H2,1H3,(H2,16,18). The first-order chi connectivity index (χ1) is 8.58. The van der Waals surface area contributed by atoms with Crippen LogP contribution in [-0.2, 0) is 6.54 Å². The van der Waals surface area contributed by atoms with Crippen molar-refractivity contribution in [2.45, 2.75) is 25.9 Å². The zero-order valence-corrected chi connectivity index (χ0v) is 10.8. The molecule has 0 aliphatic carbocycles. The smallest absolute Gasteiger partial charge is 0.249 e. The summed E-state index contributed by atoms with van der Waals surface area (Å²) in [7, 11) is 0. The Morgan fingerprint density at radius 2 is 2.22 bits per heavy atom. The lowest BCUT2D eigenvalue weighted by atomic mass is 10.0. The highest BCUT2D eigenvalue weighted by molar-refractivity contribution is 5.94. The molecule has 1 saturated heterocycles. The van der Waals surface area contributed by atoms with Crippen LogP contribution in [0.1, 0.15) is 29.3 Å². The number of nitrogens with zero attached hydrogens (tertiary/aromatic N) is 1. The summed E-state index contributed by atoms with van der Waals surface area (Å²) in [6.07, 6.45) is 1.14. The van der Waals surface area contributed by atoms with E-state index in [1.165, 1.54) is 0 Å². The van der Waals surface area contributed by atoms with Crippen molar-refractivity contribution >= 4 is 5.91 Å². The van der Waals surface area contributed by atoms with Crippen molar-refractivity contribution in [3.8, 4) is 0 Å². The highest BCUT2D eigenvalue weighted by Gasteiger charge is 2.25. The molecule has 2 unspecified atom stereocenters. The third kappa shape index (κ3) is 2.89. The van der Waals surface area contributed by atoms with Crippen LogP contribution >= 0.6 is 0 Å². The lowest BCUT2D eigenvalue weighted by Crippen LogP contribution is -2.30. The first-order valence-corrected chi connectivity index (χ1v) is 6.43. The van der Waals surface area contributed by atoms with E-state index in [1.54, 1.807) is 6.07 Å². The van der Waals surface area contributed by atoms with Gasteiger partial charge in [-0.25, -0.2) is 0 Å². The molecule has 0 radical (unpaired) electrons. The van der Waals surface area contributed by atoms with Crippen molar-refractivity contribution in [1.82, 2.24) is 4.90 Å². The second-order valence-corrected chi connectivity index (χ2v) is 5.16. The van der Waals surface area contributed by atoms with Crippen molar-refractivity contribution < 1.29 is 4.79 Å². The van der Waals surface area contributed by atoms with Crippen LogP contribution in [0, 0.1) is 5.92 Å². The minimum absolute atomic E-state index is 0.237. The van der Waals surface area contributed by atoms with Crippen LogP contribution in [0.3, 0.4) is 0 Å². The predicted molar refractivity (Wildman–Crippen MR) is 72.0 cm³/mol. The molecule has 1 aliphatic rings. The molecule has 4 N–H and O–H groups in total. The topological polar surface area (TPSA) is 72.3 Å². The van der Waals surface area contributed by atoms with Gasteiger partial charge in [-0.15, -0.1) is 0 Å². The molecule has 4 heteroatoms. The SMILES string of the molecule is CC(N)C1CCN(Cc2ccccc2C(N)=O)C1. The number of primary amides is 1. The molecule has 0 bridgehead atoms. The Bertz CT molecular complexity index is 431. The molecule has 2 rings (SSSR count). The van der Waals surface area contributed by atoms with Crippen molar-refractivity contribution in [1.29, 1.82) is 0 Å². The van der Waals surface area contributed by atoms with Crippen molar-refractivity contribution in [3.05, 3.63) is 35.4 Å². The highest BCUT2D eigenvalue weighted by Crippen LogP contribution is 2.21. The minimum Gasteiger partial charge on any atom is -0.366 e. The average molecular weight is 247 g/mol. The third-order valence-corrected chi connectivity index (χ3v) is 3.73. The third-order valence-electron chi connectivity index (χ3n) is 3.73. The maximum atomic E-state index is 11.4. The van der Waals surface area contributed by atoms with Crippen molar-refractivity contribution in [3.63, 3.8) is 0 Å². The molecular weight excluding hydrogens is 226 g/mol. The second-order valence-electron chi connectivity index (χ2n) is 5.16. The summed E-state index contributed by atoms with van der Waals surface area (Å²) in [5.74, 6) is 0.208. The van der Waals surface area contributed by atoms with Gasteiger partial charge in [-0.2, -0.15) is 0 Å². The number of amides is 1. The van der Waals surface area contributed by atoms with Gasteiger partial charge in [0.1, 0.15) is 0 Å². The molecule has 1 aromatic carbocycles. The molecule has 1 aliphatic heterocycles. The highest BCUT2D eigenvalue weighted by atomic mass is 16.1. The lowest BCUT2D eigenvalue weighted by Gasteiger charge is -2.18. The van der Waals surface area contributed by atoms with Crippen LogP contribution in [0.5, 0.6) is 0 Å². The summed E-state index contributed by atoms with van der Waals surface area (Å²) in [5.41, 5.74) is 13.0. The van der Waals surface area contributed by atoms with Gasteiger partial charge in [-0.1, -0.05) is 18.2 Å². The summed E-state index contributed by atoms with van der Waals surface area (Å²) in [6, 6.07) is 7.79. The zero-order valence-electron chi connectivity index (χ0n) is 10.8. The van der Waals surface area contributed by atoms with E-state index in [2.05, 4.69) is 11.8 Å². The first kappa shape index (κ1) is 13.1. The number of carbonyl (C=O) groups is 1. The van der Waals surface area contributed by atoms with E-state index in [0.717, 1.165) is 31.6 Å². The Morgan fingerprint density at radius 1 is 1.50 bits per heavy atom. The molecule has 1 aromatic rings. The van der Waals surface area contributed by atoms with Gasteiger partial charge in [0.05, 0.1) is 0 Å². The van der Waals surface area contributed by atoms with E-state index in [9.17, 15) is 4.79 Å². The van der Waals surface area contributed by atoms with Crippen LogP contribution in [0.25, 0.3) is 0 Å². The number of hydrogen-bond acceptors (Lipinski definition) is 3. The Balaban J connectivity index is 2.05. The number of likely N-dealkylation sites (tertiary alicyclic amines) is 1. The van der Waals surface area contributed by atoms with Gasteiger partial charge in [0.15, 0.2) is 0 Å². The van der Waals surface area contributed by atoms with Gasteiger partial charge in [-0.3, -0.25) is 9.69 Å². The molecule has 0 saturated carbocycles. The van der Waals surface area contributed by atoms with Crippen LogP contribution in [0.2, 0.25) is 0 Å². The van der Waals surface area contributed by atoms with Crippen LogP contribution in [-0.4, -0.2) is 29.9 Å². The van der Waals surface area contributed by atoms with Crippen LogP contribution in [0.4, 0.5) is 0 Å². The summed E-state index contributed by atoms with van der Waals surface area (Å²) >= 11 is 0. The molecule has 4 nitrogen and oxygen atoms in total. The minimum atomic E-state index is -0.353. The van der Waals surface area contributed by atoms with Gasteiger partial charge < -0.3 is 11.5 Å². The predicted octanol–water partition coefficient (Wildman–Crippen LogP) is 0.955. The number of benzene rings is 1. The Hall–Kier alpha value is -1.39. The summed E-state index contributed by atoms with van der Waals surface area (Å²) in [6.45, 7) is 4.89. The molecule has 18 heavy (non-hydrogen) atoms. The summed E-state index contributed by atoms with van der Waals surface area (Å²) in [5, 5.41) is 0. The molecule has 1 heterocycles. The second kappa shape index (κ2) is 5.50. The van der Waals surface area contributed by atoms with E-state index in [4.69, 9.17) is 11.5 Å². The Morgan fingerprint density at radius 3 is 2.83 bits per heavy atom. The molecular formula is C14H21N3O. The largest absolute Gasteiger partial charge is 0.366 e.